The van der Waals surface area contributed by atoms with Crippen molar-refractivity contribution < 1.29 is 0 Å². The molecule has 1 aromatic carbocycles. The third-order valence-corrected chi connectivity index (χ3v) is 4.50. The lowest BCUT2D eigenvalue weighted by atomic mass is 10.0. The van der Waals surface area contributed by atoms with E-state index in [4.69, 9.17) is 5.73 Å². The number of aryl methyl sites for hydroxylation is 1. The second kappa shape index (κ2) is 6.45. The van der Waals surface area contributed by atoms with E-state index < -0.39 is 0 Å². The predicted molar refractivity (Wildman–Crippen MR) is 80.2 cm³/mol. The Kier molecular flexibility index (Phi) is 4.92. The smallest absolute Gasteiger partial charge is 0.0452 e. The van der Waals surface area contributed by atoms with Crippen molar-refractivity contribution in [3.8, 4) is 0 Å². The molecule has 2 rings (SSSR count). The van der Waals surface area contributed by atoms with Gasteiger partial charge in [-0.25, -0.2) is 0 Å². The SMILES string of the molecule is CSc1cc(CCC2CNCCN2C)ccc1N. The summed E-state index contributed by atoms with van der Waals surface area (Å²) < 4.78 is 0. The summed E-state index contributed by atoms with van der Waals surface area (Å²) in [6.07, 6.45) is 4.42. The van der Waals surface area contributed by atoms with Crippen molar-refractivity contribution >= 4 is 17.4 Å². The molecule has 18 heavy (non-hydrogen) atoms. The highest BCUT2D eigenvalue weighted by Gasteiger charge is 2.17. The maximum absolute atomic E-state index is 5.92. The maximum atomic E-state index is 5.92. The number of anilines is 1. The largest absolute Gasteiger partial charge is 0.398 e. The van der Waals surface area contributed by atoms with Crippen LogP contribution in [0.5, 0.6) is 0 Å². The molecule has 0 spiro atoms. The molecule has 1 aliphatic heterocycles. The van der Waals surface area contributed by atoms with Crippen molar-refractivity contribution in [2.75, 3.05) is 38.7 Å². The van der Waals surface area contributed by atoms with Crippen LogP contribution < -0.4 is 11.1 Å². The molecule has 0 aromatic heterocycles. The molecule has 1 saturated heterocycles. The molecule has 100 valence electrons. The Labute approximate surface area is 114 Å². The number of nitrogens with zero attached hydrogens (tertiary/aromatic N) is 1. The molecule has 4 heteroatoms. The fourth-order valence-corrected chi connectivity index (χ4v) is 3.00. The lowest BCUT2D eigenvalue weighted by molar-refractivity contribution is 0.191. The topological polar surface area (TPSA) is 41.3 Å². The summed E-state index contributed by atoms with van der Waals surface area (Å²) in [6.45, 7) is 3.38. The number of hydrogen-bond donors (Lipinski definition) is 2. The second-order valence-electron chi connectivity index (χ2n) is 4.95. The van der Waals surface area contributed by atoms with Crippen molar-refractivity contribution in [2.45, 2.75) is 23.8 Å². The minimum Gasteiger partial charge on any atom is -0.398 e. The summed E-state index contributed by atoms with van der Waals surface area (Å²) in [5, 5.41) is 3.47. The van der Waals surface area contributed by atoms with Gasteiger partial charge >= 0.3 is 0 Å². The zero-order chi connectivity index (χ0) is 13.0. The molecule has 3 N–H and O–H groups in total. The number of nitrogen functional groups attached to an aromatic ring is 1. The molecule has 0 aliphatic carbocycles. The van der Waals surface area contributed by atoms with Crippen LogP contribution in [0.15, 0.2) is 23.1 Å². The molecule has 1 fully saturated rings. The van der Waals surface area contributed by atoms with Gasteiger partial charge in [0, 0.05) is 36.3 Å². The first-order chi connectivity index (χ1) is 8.70. The van der Waals surface area contributed by atoms with Gasteiger partial charge in [-0.05, 0) is 43.8 Å². The minimum absolute atomic E-state index is 0.661. The van der Waals surface area contributed by atoms with Gasteiger partial charge in [-0.3, -0.25) is 0 Å². The van der Waals surface area contributed by atoms with E-state index >= 15 is 0 Å². The van der Waals surface area contributed by atoms with Crippen LogP contribution in [-0.4, -0.2) is 43.9 Å². The van der Waals surface area contributed by atoms with Crippen molar-refractivity contribution in [1.29, 1.82) is 0 Å². The molecule has 1 heterocycles. The summed E-state index contributed by atoms with van der Waals surface area (Å²) in [5.74, 6) is 0. The molecule has 1 unspecified atom stereocenters. The number of thioether (sulfide) groups is 1. The molecule has 3 nitrogen and oxygen atoms in total. The fourth-order valence-electron chi connectivity index (χ4n) is 2.43. The molecular formula is C14H23N3S. The monoisotopic (exact) mass is 265 g/mol. The van der Waals surface area contributed by atoms with Gasteiger partial charge in [0.1, 0.15) is 0 Å². The number of rotatable bonds is 4. The van der Waals surface area contributed by atoms with Crippen LogP contribution in [-0.2, 0) is 6.42 Å². The highest BCUT2D eigenvalue weighted by atomic mass is 32.2. The van der Waals surface area contributed by atoms with Gasteiger partial charge in [0.05, 0.1) is 0 Å². The summed E-state index contributed by atoms with van der Waals surface area (Å²) in [4.78, 5) is 3.66. The van der Waals surface area contributed by atoms with Crippen molar-refractivity contribution in [3.63, 3.8) is 0 Å². The fraction of sp³-hybridized carbons (Fsp3) is 0.571. The Hall–Kier alpha value is -0.710. The number of piperazine rings is 1. The Balaban J connectivity index is 1.93. The molecular weight excluding hydrogens is 242 g/mol. The standard InChI is InChI=1S/C14H23N3S/c1-17-8-7-16-10-12(17)5-3-11-4-6-13(15)14(9-11)18-2/h4,6,9,12,16H,3,5,7-8,10,15H2,1-2H3. The van der Waals surface area contributed by atoms with Gasteiger partial charge in [-0.2, -0.15) is 0 Å². The Bertz CT molecular complexity index is 395. The van der Waals surface area contributed by atoms with E-state index in [9.17, 15) is 0 Å². The van der Waals surface area contributed by atoms with Gasteiger partial charge in [-0.15, -0.1) is 11.8 Å². The Morgan fingerprint density at radius 1 is 1.50 bits per heavy atom. The second-order valence-corrected chi connectivity index (χ2v) is 5.80. The zero-order valence-corrected chi connectivity index (χ0v) is 12.1. The lowest BCUT2D eigenvalue weighted by Gasteiger charge is -2.33. The maximum Gasteiger partial charge on any atom is 0.0452 e. The summed E-state index contributed by atoms with van der Waals surface area (Å²) in [6, 6.07) is 7.08. The highest BCUT2D eigenvalue weighted by Crippen LogP contribution is 2.24. The summed E-state index contributed by atoms with van der Waals surface area (Å²) in [7, 11) is 2.22. The van der Waals surface area contributed by atoms with Crippen LogP contribution in [0.3, 0.4) is 0 Å². The zero-order valence-electron chi connectivity index (χ0n) is 11.3. The van der Waals surface area contributed by atoms with E-state index in [1.165, 1.54) is 16.9 Å². The van der Waals surface area contributed by atoms with Crippen LogP contribution in [0.25, 0.3) is 0 Å². The van der Waals surface area contributed by atoms with Crippen LogP contribution in [0.4, 0.5) is 5.69 Å². The number of likely N-dealkylation sites (N-methyl/N-ethyl adjacent to an activating group) is 1. The predicted octanol–water partition coefficient (Wildman–Crippen LogP) is 1.83. The van der Waals surface area contributed by atoms with Crippen LogP contribution >= 0.6 is 11.8 Å². The van der Waals surface area contributed by atoms with Crippen molar-refractivity contribution in [2.24, 2.45) is 0 Å². The van der Waals surface area contributed by atoms with Gasteiger partial charge in [0.25, 0.3) is 0 Å². The molecule has 1 aliphatic rings. The van der Waals surface area contributed by atoms with E-state index in [0.29, 0.717) is 6.04 Å². The number of benzene rings is 1. The highest BCUT2D eigenvalue weighted by molar-refractivity contribution is 7.98. The third-order valence-electron chi connectivity index (χ3n) is 3.71. The first-order valence-corrected chi connectivity index (χ1v) is 7.76. The van der Waals surface area contributed by atoms with E-state index in [0.717, 1.165) is 31.7 Å². The normalized spacial score (nSPS) is 21.1. The van der Waals surface area contributed by atoms with Crippen molar-refractivity contribution in [1.82, 2.24) is 10.2 Å². The van der Waals surface area contributed by atoms with Crippen LogP contribution in [0, 0.1) is 0 Å². The number of hydrogen-bond acceptors (Lipinski definition) is 4. The summed E-state index contributed by atoms with van der Waals surface area (Å²) in [5.41, 5.74) is 8.21. The Morgan fingerprint density at radius 2 is 2.33 bits per heavy atom. The average molecular weight is 265 g/mol. The van der Waals surface area contributed by atoms with Gasteiger partial charge in [-0.1, -0.05) is 6.07 Å². The first-order valence-electron chi connectivity index (χ1n) is 6.54. The minimum atomic E-state index is 0.661. The lowest BCUT2D eigenvalue weighted by Crippen LogP contribution is -2.49. The number of nitrogens with two attached hydrogens (primary N) is 1. The first kappa shape index (κ1) is 13.7. The number of nitrogens with one attached hydrogen (secondary N) is 1. The third kappa shape index (κ3) is 3.40. The molecule has 0 amide bonds. The van der Waals surface area contributed by atoms with Crippen LogP contribution in [0.2, 0.25) is 0 Å². The van der Waals surface area contributed by atoms with E-state index in [1.54, 1.807) is 11.8 Å². The van der Waals surface area contributed by atoms with E-state index in [1.807, 2.05) is 6.07 Å². The van der Waals surface area contributed by atoms with E-state index in [-0.39, 0.29) is 0 Å². The quantitative estimate of drug-likeness (QED) is 0.644. The average Bonchev–Trinajstić information content (AvgIpc) is 2.39. The van der Waals surface area contributed by atoms with Crippen molar-refractivity contribution in [3.05, 3.63) is 23.8 Å². The Morgan fingerprint density at radius 3 is 3.06 bits per heavy atom. The summed E-state index contributed by atoms with van der Waals surface area (Å²) >= 11 is 1.72. The van der Waals surface area contributed by atoms with Crippen LogP contribution in [0.1, 0.15) is 12.0 Å². The molecule has 1 atom stereocenters. The molecule has 0 radical (unpaired) electrons. The molecule has 1 aromatic rings. The molecule has 0 bridgehead atoms. The van der Waals surface area contributed by atoms with Gasteiger partial charge < -0.3 is 16.0 Å². The van der Waals surface area contributed by atoms with Gasteiger partial charge in [0.15, 0.2) is 0 Å². The molecule has 0 saturated carbocycles. The van der Waals surface area contributed by atoms with E-state index in [2.05, 4.69) is 35.7 Å². The van der Waals surface area contributed by atoms with Gasteiger partial charge in [0.2, 0.25) is 0 Å².